The molecule has 1 rings (SSSR count). The molecule has 5 heteroatoms. The van der Waals surface area contributed by atoms with Crippen LogP contribution in [0.1, 0.15) is 19.4 Å². The Morgan fingerprint density at radius 1 is 1.44 bits per heavy atom. The van der Waals surface area contributed by atoms with Crippen LogP contribution in [0.2, 0.25) is 0 Å². The predicted molar refractivity (Wildman–Crippen MR) is 65.8 cm³/mol. The molecule has 18 heavy (non-hydrogen) atoms. The zero-order valence-corrected chi connectivity index (χ0v) is 10.8. The topological polar surface area (TPSA) is 61.5 Å². The quantitative estimate of drug-likeness (QED) is 0.815. The van der Waals surface area contributed by atoms with Crippen LogP contribution in [0.3, 0.4) is 0 Å². The van der Waals surface area contributed by atoms with E-state index in [1.54, 1.807) is 26.8 Å². The van der Waals surface area contributed by atoms with Crippen LogP contribution in [0.15, 0.2) is 18.2 Å². The van der Waals surface area contributed by atoms with E-state index in [1.807, 2.05) is 0 Å². The van der Waals surface area contributed by atoms with Gasteiger partial charge in [-0.3, -0.25) is 4.79 Å². The van der Waals surface area contributed by atoms with Gasteiger partial charge in [-0.1, -0.05) is 0 Å². The van der Waals surface area contributed by atoms with Crippen LogP contribution in [0, 0.1) is 12.7 Å². The molecule has 0 aliphatic carbocycles. The van der Waals surface area contributed by atoms with Gasteiger partial charge in [-0.15, -0.1) is 0 Å². The summed E-state index contributed by atoms with van der Waals surface area (Å²) in [6.45, 7) is 5.17. The maximum atomic E-state index is 12.9. The number of carbonyl (C=O) groups is 1. The summed E-state index contributed by atoms with van der Waals surface area (Å²) < 4.78 is 23.4. The lowest BCUT2D eigenvalue weighted by Crippen LogP contribution is -2.32. The monoisotopic (exact) mass is 255 g/mol. The van der Waals surface area contributed by atoms with Crippen molar-refractivity contribution in [1.29, 1.82) is 0 Å². The molecule has 0 spiro atoms. The van der Waals surface area contributed by atoms with Crippen LogP contribution < -0.4 is 10.5 Å². The molecule has 0 aliphatic heterocycles. The van der Waals surface area contributed by atoms with E-state index in [0.717, 1.165) is 0 Å². The average Bonchev–Trinajstić information content (AvgIpc) is 2.29. The highest BCUT2D eigenvalue weighted by Crippen LogP contribution is 2.19. The second-order valence-electron chi connectivity index (χ2n) is 4.26. The summed E-state index contributed by atoms with van der Waals surface area (Å²) in [4.78, 5) is 11.2. The molecule has 0 saturated carbocycles. The number of ether oxygens (including phenoxy) is 2. The van der Waals surface area contributed by atoms with E-state index in [1.165, 1.54) is 12.1 Å². The van der Waals surface area contributed by atoms with Crippen molar-refractivity contribution >= 4 is 5.97 Å². The van der Waals surface area contributed by atoms with E-state index in [-0.39, 0.29) is 18.5 Å². The van der Waals surface area contributed by atoms with Crippen molar-refractivity contribution in [2.75, 3.05) is 6.61 Å². The fourth-order valence-electron chi connectivity index (χ4n) is 1.33. The fraction of sp³-hybridized carbons (Fsp3) is 0.462. The van der Waals surface area contributed by atoms with Crippen LogP contribution in [0.4, 0.5) is 4.39 Å². The predicted octanol–water partition coefficient (Wildman–Crippen LogP) is 1.79. The lowest BCUT2D eigenvalue weighted by atomic mass is 10.2. The third-order valence-corrected chi connectivity index (χ3v) is 2.30. The molecule has 0 aromatic heterocycles. The van der Waals surface area contributed by atoms with E-state index in [0.29, 0.717) is 11.3 Å². The Morgan fingerprint density at radius 3 is 2.67 bits per heavy atom. The van der Waals surface area contributed by atoms with Crippen LogP contribution in [0.5, 0.6) is 5.75 Å². The first-order valence-corrected chi connectivity index (χ1v) is 5.75. The van der Waals surface area contributed by atoms with Crippen LogP contribution >= 0.6 is 0 Å². The van der Waals surface area contributed by atoms with Crippen molar-refractivity contribution < 1.29 is 18.7 Å². The number of halogens is 1. The molecule has 2 N–H and O–H groups in total. The third-order valence-electron chi connectivity index (χ3n) is 2.30. The molecule has 0 heterocycles. The van der Waals surface area contributed by atoms with Crippen molar-refractivity contribution in [1.82, 2.24) is 0 Å². The largest absolute Gasteiger partial charge is 0.487 e. The number of esters is 1. The van der Waals surface area contributed by atoms with E-state index in [2.05, 4.69) is 0 Å². The average molecular weight is 255 g/mol. The number of hydrogen-bond donors (Lipinski definition) is 1. The number of carbonyl (C=O) groups excluding carboxylic acids is 1. The van der Waals surface area contributed by atoms with Crippen molar-refractivity contribution in [3.05, 3.63) is 29.6 Å². The molecule has 0 aliphatic rings. The minimum atomic E-state index is -0.648. The first-order valence-electron chi connectivity index (χ1n) is 5.75. The maximum Gasteiger partial charge on any atom is 0.322 e. The molecular formula is C13H18FNO3. The van der Waals surface area contributed by atoms with E-state index in [4.69, 9.17) is 15.2 Å². The minimum absolute atomic E-state index is 0.108. The molecule has 100 valence electrons. The molecule has 0 radical (unpaired) electrons. The van der Waals surface area contributed by atoms with Gasteiger partial charge in [-0.2, -0.15) is 0 Å². The molecule has 0 unspecified atom stereocenters. The SMILES string of the molecule is Cc1cc(F)ccc1O[C@@H](C)COC(=O)[C@H](C)N. The van der Waals surface area contributed by atoms with E-state index < -0.39 is 12.0 Å². The first kappa shape index (κ1) is 14.4. The summed E-state index contributed by atoms with van der Waals surface area (Å²) >= 11 is 0. The molecule has 0 bridgehead atoms. The van der Waals surface area contributed by atoms with Gasteiger partial charge in [0, 0.05) is 0 Å². The van der Waals surface area contributed by atoms with E-state index in [9.17, 15) is 9.18 Å². The van der Waals surface area contributed by atoms with Gasteiger partial charge < -0.3 is 15.2 Å². The van der Waals surface area contributed by atoms with Gasteiger partial charge in [0.1, 0.15) is 30.3 Å². The van der Waals surface area contributed by atoms with Crippen LogP contribution in [0.25, 0.3) is 0 Å². The Bertz CT molecular complexity index is 421. The Hall–Kier alpha value is -1.62. The Kier molecular flexibility index (Phi) is 5.09. The van der Waals surface area contributed by atoms with Crippen molar-refractivity contribution in [3.63, 3.8) is 0 Å². The normalized spacial score (nSPS) is 13.8. The van der Waals surface area contributed by atoms with Crippen molar-refractivity contribution in [2.24, 2.45) is 5.73 Å². The Morgan fingerprint density at radius 2 is 2.11 bits per heavy atom. The van der Waals surface area contributed by atoms with Gasteiger partial charge in [0.05, 0.1) is 0 Å². The second kappa shape index (κ2) is 6.35. The second-order valence-corrected chi connectivity index (χ2v) is 4.26. The zero-order chi connectivity index (χ0) is 13.7. The van der Waals surface area contributed by atoms with Gasteiger partial charge in [0.2, 0.25) is 0 Å². The third kappa shape index (κ3) is 4.33. The fourth-order valence-corrected chi connectivity index (χ4v) is 1.33. The van der Waals surface area contributed by atoms with Crippen LogP contribution in [-0.2, 0) is 9.53 Å². The van der Waals surface area contributed by atoms with Gasteiger partial charge in [-0.05, 0) is 44.5 Å². The standard InChI is InChI=1S/C13H18FNO3/c1-8-6-11(14)4-5-12(8)18-9(2)7-17-13(16)10(3)15/h4-6,9-10H,7,15H2,1-3H3/t9-,10-/m0/s1. The minimum Gasteiger partial charge on any atom is -0.487 e. The van der Waals surface area contributed by atoms with Crippen LogP contribution in [-0.4, -0.2) is 24.7 Å². The lowest BCUT2D eigenvalue weighted by molar-refractivity contribution is -0.146. The highest BCUT2D eigenvalue weighted by Gasteiger charge is 2.13. The van der Waals surface area contributed by atoms with Gasteiger partial charge in [-0.25, -0.2) is 4.39 Å². The van der Waals surface area contributed by atoms with Crippen molar-refractivity contribution in [3.8, 4) is 5.75 Å². The summed E-state index contributed by atoms with van der Waals surface area (Å²) in [6, 6.07) is 3.61. The summed E-state index contributed by atoms with van der Waals surface area (Å²) in [6.07, 6.45) is -0.322. The number of rotatable bonds is 5. The molecule has 0 fully saturated rings. The zero-order valence-electron chi connectivity index (χ0n) is 10.8. The summed E-state index contributed by atoms with van der Waals surface area (Å²) in [7, 11) is 0. The molecular weight excluding hydrogens is 237 g/mol. The van der Waals surface area contributed by atoms with Gasteiger partial charge >= 0.3 is 5.97 Å². The number of hydrogen-bond acceptors (Lipinski definition) is 4. The molecule has 4 nitrogen and oxygen atoms in total. The van der Waals surface area contributed by atoms with Crippen molar-refractivity contribution in [2.45, 2.75) is 32.9 Å². The molecule has 1 aromatic carbocycles. The molecule has 2 atom stereocenters. The summed E-state index contributed by atoms with van der Waals surface area (Å²) in [5, 5.41) is 0. The smallest absolute Gasteiger partial charge is 0.322 e. The molecule has 1 aromatic rings. The molecule has 0 saturated heterocycles. The first-order chi connectivity index (χ1) is 8.40. The number of aryl methyl sites for hydroxylation is 1. The number of benzene rings is 1. The summed E-state index contributed by atoms with van der Waals surface area (Å²) in [5.74, 6) is -0.210. The van der Waals surface area contributed by atoms with E-state index >= 15 is 0 Å². The van der Waals surface area contributed by atoms with Gasteiger partial charge in [0.25, 0.3) is 0 Å². The number of nitrogens with two attached hydrogens (primary N) is 1. The summed E-state index contributed by atoms with van der Waals surface area (Å²) in [5.41, 5.74) is 6.05. The highest BCUT2D eigenvalue weighted by molar-refractivity contribution is 5.74. The maximum absolute atomic E-state index is 12.9. The Labute approximate surface area is 106 Å². The highest BCUT2D eigenvalue weighted by atomic mass is 19.1. The Balaban J connectivity index is 2.49. The molecule has 0 amide bonds. The van der Waals surface area contributed by atoms with Gasteiger partial charge in [0.15, 0.2) is 0 Å². The lowest BCUT2D eigenvalue weighted by Gasteiger charge is -2.17.